The number of Topliss-reactive ketones (excluding diaryl/α,β-unsaturated/α-hetero) is 2. The van der Waals surface area contributed by atoms with Crippen molar-refractivity contribution in [1.29, 1.82) is 0 Å². The van der Waals surface area contributed by atoms with Gasteiger partial charge in [0.05, 0.1) is 19.0 Å². The second kappa shape index (κ2) is 8.79. The number of nitrogens with zero attached hydrogens (tertiary/aromatic N) is 1. The molecule has 8 heteroatoms. The van der Waals surface area contributed by atoms with E-state index in [9.17, 15) is 19.5 Å². The van der Waals surface area contributed by atoms with Crippen LogP contribution >= 0.6 is 24.0 Å². The van der Waals surface area contributed by atoms with Gasteiger partial charge in [-0.25, -0.2) is 0 Å². The summed E-state index contributed by atoms with van der Waals surface area (Å²) in [7, 11) is 0. The van der Waals surface area contributed by atoms with E-state index in [2.05, 4.69) is 11.8 Å². The number of rotatable bonds is 3. The fraction of sp³-hybridized carbons (Fsp3) is 0.769. The highest BCUT2D eigenvalue weighted by Crippen LogP contribution is 2.66. The zero-order valence-electron chi connectivity index (χ0n) is 20.1. The van der Waals surface area contributed by atoms with E-state index in [0.29, 0.717) is 30.4 Å². The molecule has 1 N–H and O–H groups in total. The number of morpholine rings is 1. The van der Waals surface area contributed by atoms with E-state index in [1.54, 1.807) is 6.08 Å². The summed E-state index contributed by atoms with van der Waals surface area (Å²) in [5, 5.41) is 11.8. The topological polar surface area (TPSA) is 83.9 Å². The summed E-state index contributed by atoms with van der Waals surface area (Å²) in [6, 6.07) is 0. The molecule has 0 bridgehead atoms. The first-order valence-electron chi connectivity index (χ1n) is 12.6. The van der Waals surface area contributed by atoms with Gasteiger partial charge in [0.1, 0.15) is 15.7 Å². The molecular weight excluding hydrogens is 470 g/mol. The summed E-state index contributed by atoms with van der Waals surface area (Å²) in [5.41, 5.74) is -1.36. The van der Waals surface area contributed by atoms with E-state index in [1.807, 2.05) is 6.92 Å². The molecule has 3 saturated carbocycles. The van der Waals surface area contributed by atoms with Crippen molar-refractivity contribution in [2.24, 2.45) is 28.6 Å². The average molecular weight is 506 g/mol. The lowest BCUT2D eigenvalue weighted by atomic mass is 9.46. The van der Waals surface area contributed by atoms with Crippen LogP contribution in [0.15, 0.2) is 11.6 Å². The summed E-state index contributed by atoms with van der Waals surface area (Å²) in [6.45, 7) is 6.85. The van der Waals surface area contributed by atoms with Gasteiger partial charge in [-0.3, -0.25) is 14.4 Å². The maximum Gasteiger partial charge on any atom is 0.175 e. The third kappa shape index (κ3) is 3.66. The zero-order chi connectivity index (χ0) is 24.3. The Morgan fingerprint density at radius 3 is 2.68 bits per heavy atom. The molecule has 6 nitrogen and oxygen atoms in total. The van der Waals surface area contributed by atoms with Crippen molar-refractivity contribution in [2.45, 2.75) is 64.4 Å². The number of carbonyl (C=O) groups is 3. The second-order valence-corrected chi connectivity index (χ2v) is 13.0. The van der Waals surface area contributed by atoms with Crippen LogP contribution in [0.2, 0.25) is 0 Å². The summed E-state index contributed by atoms with van der Waals surface area (Å²) >= 11 is 6.85. The van der Waals surface area contributed by atoms with Crippen molar-refractivity contribution in [3.8, 4) is 0 Å². The van der Waals surface area contributed by atoms with Crippen LogP contribution in [-0.2, 0) is 19.1 Å². The summed E-state index contributed by atoms with van der Waals surface area (Å²) < 4.78 is 6.05. The Morgan fingerprint density at radius 2 is 1.94 bits per heavy atom. The number of thioether (sulfide) groups is 1. The molecule has 0 radical (unpaired) electrons. The maximum atomic E-state index is 13.7. The molecule has 1 saturated heterocycles. The third-order valence-electron chi connectivity index (χ3n) is 9.86. The number of carbonyl (C=O) groups excluding carboxylic acids is 3. The van der Waals surface area contributed by atoms with Crippen molar-refractivity contribution < 1.29 is 24.2 Å². The van der Waals surface area contributed by atoms with Gasteiger partial charge < -0.3 is 14.7 Å². The summed E-state index contributed by atoms with van der Waals surface area (Å²) in [4.78, 5) is 41.3. The van der Waals surface area contributed by atoms with Crippen LogP contribution in [0.4, 0.5) is 0 Å². The smallest absolute Gasteiger partial charge is 0.175 e. The number of thiocarbonyl (C=S) groups is 1. The molecule has 186 valence electrons. The Bertz CT molecular complexity index is 959. The Morgan fingerprint density at radius 1 is 1.21 bits per heavy atom. The van der Waals surface area contributed by atoms with E-state index in [0.717, 1.165) is 44.3 Å². The minimum absolute atomic E-state index is 0.112. The quantitative estimate of drug-likeness (QED) is 0.585. The lowest BCUT2D eigenvalue weighted by molar-refractivity contribution is -0.167. The van der Waals surface area contributed by atoms with E-state index in [-0.39, 0.29) is 52.7 Å². The van der Waals surface area contributed by atoms with Gasteiger partial charge in [0.2, 0.25) is 0 Å². The maximum absolute atomic E-state index is 13.7. The largest absolute Gasteiger partial charge is 0.381 e. The third-order valence-corrected chi connectivity index (χ3v) is 11.4. The summed E-state index contributed by atoms with van der Waals surface area (Å²) in [5.74, 6) is 0.448. The number of hydrogen-bond acceptors (Lipinski definition) is 7. The standard InChI is InChI=1S/C26H35NO5S2/c1-24-7-5-17(28)13-16(24)3-4-18-19-6-8-26(31,25(19,2)14-20(29)22(18)24)21(30)15-34-23(33)27-9-11-32-12-10-27/h13,18-19,22,31H,3-12,14-15H2,1-2H3/t18-,19-,22+,24-,25-,26-/m0/s1. The van der Waals surface area contributed by atoms with Crippen molar-refractivity contribution in [3.05, 3.63) is 11.6 Å². The van der Waals surface area contributed by atoms with E-state index < -0.39 is 11.0 Å². The lowest BCUT2D eigenvalue weighted by Gasteiger charge is -2.57. The predicted molar refractivity (Wildman–Crippen MR) is 135 cm³/mol. The van der Waals surface area contributed by atoms with E-state index >= 15 is 0 Å². The first-order valence-corrected chi connectivity index (χ1v) is 14.0. The van der Waals surface area contributed by atoms with Crippen LogP contribution in [-0.4, -0.2) is 69.3 Å². The molecule has 1 heterocycles. The first kappa shape index (κ1) is 24.6. The molecule has 0 aromatic rings. The Hall–Kier alpha value is -1.09. The van der Waals surface area contributed by atoms with Gasteiger partial charge in [-0.1, -0.05) is 43.4 Å². The first-order chi connectivity index (χ1) is 16.1. The van der Waals surface area contributed by atoms with Crippen molar-refractivity contribution >= 4 is 45.7 Å². The van der Waals surface area contributed by atoms with Crippen LogP contribution in [0.25, 0.3) is 0 Å². The lowest BCUT2D eigenvalue weighted by Crippen LogP contribution is -2.60. The highest BCUT2D eigenvalue weighted by Gasteiger charge is 2.68. The van der Waals surface area contributed by atoms with Gasteiger partial charge in [0.25, 0.3) is 0 Å². The molecule has 0 amide bonds. The van der Waals surface area contributed by atoms with Gasteiger partial charge in [0.15, 0.2) is 11.6 Å². The average Bonchev–Trinajstić information content (AvgIpc) is 3.09. The van der Waals surface area contributed by atoms with Gasteiger partial charge >= 0.3 is 0 Å². The highest BCUT2D eigenvalue weighted by atomic mass is 32.2. The molecule has 0 unspecified atom stereocenters. The van der Waals surface area contributed by atoms with Gasteiger partial charge in [-0.15, -0.1) is 0 Å². The molecule has 34 heavy (non-hydrogen) atoms. The molecule has 1 aliphatic heterocycles. The molecule has 5 aliphatic rings. The van der Waals surface area contributed by atoms with Crippen molar-refractivity contribution in [1.82, 2.24) is 4.90 Å². The minimum Gasteiger partial charge on any atom is -0.381 e. The van der Waals surface area contributed by atoms with Crippen LogP contribution in [0.3, 0.4) is 0 Å². The molecule has 0 aromatic carbocycles. The van der Waals surface area contributed by atoms with Gasteiger partial charge in [0, 0.05) is 37.3 Å². The van der Waals surface area contributed by atoms with Crippen LogP contribution in [0.1, 0.15) is 58.8 Å². The molecule has 0 aromatic heterocycles. The number of fused-ring (bicyclic) bond motifs is 5. The number of aliphatic hydroxyl groups is 1. The van der Waals surface area contributed by atoms with Crippen molar-refractivity contribution in [3.63, 3.8) is 0 Å². The van der Waals surface area contributed by atoms with E-state index in [4.69, 9.17) is 17.0 Å². The van der Waals surface area contributed by atoms with Gasteiger partial charge in [-0.2, -0.15) is 0 Å². The fourth-order valence-corrected chi connectivity index (χ4v) is 9.15. The number of ether oxygens (including phenoxy) is 1. The molecule has 4 fully saturated rings. The Labute approximate surface area is 211 Å². The van der Waals surface area contributed by atoms with Crippen LogP contribution < -0.4 is 0 Å². The Balaban J connectivity index is 1.34. The number of ketones is 3. The molecule has 4 aliphatic carbocycles. The normalized spacial score (nSPS) is 41.9. The van der Waals surface area contributed by atoms with E-state index in [1.165, 1.54) is 11.8 Å². The van der Waals surface area contributed by atoms with Gasteiger partial charge in [-0.05, 0) is 55.4 Å². The zero-order valence-corrected chi connectivity index (χ0v) is 21.8. The molecule has 5 rings (SSSR count). The monoisotopic (exact) mass is 505 g/mol. The number of allylic oxidation sites excluding steroid dienone is 1. The minimum atomic E-state index is -1.49. The molecule has 0 spiro atoms. The Kier molecular flexibility index (Phi) is 6.36. The summed E-state index contributed by atoms with van der Waals surface area (Å²) in [6.07, 6.45) is 6.12. The van der Waals surface area contributed by atoms with Crippen LogP contribution in [0.5, 0.6) is 0 Å². The fourth-order valence-electron chi connectivity index (χ4n) is 7.93. The highest BCUT2D eigenvalue weighted by molar-refractivity contribution is 8.23. The molecular formula is C26H35NO5S2. The molecule has 6 atom stereocenters. The second-order valence-electron chi connectivity index (χ2n) is 11.4. The van der Waals surface area contributed by atoms with Crippen LogP contribution in [0, 0.1) is 28.6 Å². The SMILES string of the molecule is C[C@]12CCC(=O)C=C1CC[C@@H]1[C@@H]2C(=O)C[C@@]2(C)[C@H]1CC[C@]2(O)C(=O)CSC(=S)N1CCOCC1. The number of hydrogen-bond donors (Lipinski definition) is 1. The predicted octanol–water partition coefficient (Wildman–Crippen LogP) is 3.35. The van der Waals surface area contributed by atoms with Crippen molar-refractivity contribution in [2.75, 3.05) is 32.1 Å².